The van der Waals surface area contributed by atoms with Crippen molar-refractivity contribution in [3.63, 3.8) is 0 Å². The highest BCUT2D eigenvalue weighted by atomic mass is 35.5. The Morgan fingerprint density at radius 3 is 2.82 bits per heavy atom. The van der Waals surface area contributed by atoms with Gasteiger partial charge in [-0.15, -0.1) is 0 Å². The summed E-state index contributed by atoms with van der Waals surface area (Å²) in [4.78, 5) is 0. The fraction of sp³-hybridized carbons (Fsp3) is 0.571. The van der Waals surface area contributed by atoms with Gasteiger partial charge in [-0.3, -0.25) is 0 Å². The van der Waals surface area contributed by atoms with Crippen molar-refractivity contribution in [1.29, 1.82) is 0 Å². The SMILES string of the molecule is Clc1cc(CC2CCCN2)ccc1OC1CC1. The Hall–Kier alpha value is -0.730. The summed E-state index contributed by atoms with van der Waals surface area (Å²) in [6, 6.07) is 6.84. The van der Waals surface area contributed by atoms with E-state index in [1.165, 1.54) is 31.2 Å². The third kappa shape index (κ3) is 2.93. The van der Waals surface area contributed by atoms with Crippen molar-refractivity contribution in [2.45, 2.75) is 44.2 Å². The van der Waals surface area contributed by atoms with Crippen LogP contribution in [-0.4, -0.2) is 18.7 Å². The molecule has 0 bridgehead atoms. The molecular formula is C14H18ClNO. The molecule has 2 fully saturated rings. The van der Waals surface area contributed by atoms with Crippen LogP contribution in [-0.2, 0) is 6.42 Å². The van der Waals surface area contributed by atoms with Crippen molar-refractivity contribution >= 4 is 11.6 Å². The van der Waals surface area contributed by atoms with E-state index in [1.54, 1.807) is 0 Å². The number of rotatable bonds is 4. The summed E-state index contributed by atoms with van der Waals surface area (Å²) in [5.41, 5.74) is 1.30. The minimum absolute atomic E-state index is 0.412. The first kappa shape index (κ1) is 11.4. The highest BCUT2D eigenvalue weighted by Gasteiger charge is 2.24. The van der Waals surface area contributed by atoms with E-state index in [0.29, 0.717) is 12.1 Å². The number of nitrogens with one attached hydrogen (secondary N) is 1. The first-order valence-electron chi connectivity index (χ1n) is 6.50. The van der Waals surface area contributed by atoms with Crippen molar-refractivity contribution in [2.75, 3.05) is 6.54 Å². The zero-order chi connectivity index (χ0) is 11.7. The molecule has 0 spiro atoms. The molecule has 1 N–H and O–H groups in total. The third-order valence-corrected chi connectivity index (χ3v) is 3.75. The van der Waals surface area contributed by atoms with Crippen LogP contribution in [0.15, 0.2) is 18.2 Å². The molecule has 1 unspecified atom stereocenters. The van der Waals surface area contributed by atoms with Crippen LogP contribution in [0, 0.1) is 0 Å². The molecule has 1 aliphatic carbocycles. The lowest BCUT2D eigenvalue weighted by Gasteiger charge is -2.12. The third-order valence-electron chi connectivity index (χ3n) is 3.46. The summed E-state index contributed by atoms with van der Waals surface area (Å²) in [6.45, 7) is 1.15. The maximum Gasteiger partial charge on any atom is 0.138 e. The van der Waals surface area contributed by atoms with Gasteiger partial charge in [0.25, 0.3) is 0 Å². The Kier molecular flexibility index (Phi) is 3.26. The van der Waals surface area contributed by atoms with E-state index in [4.69, 9.17) is 16.3 Å². The highest BCUT2D eigenvalue weighted by Crippen LogP contribution is 2.32. The van der Waals surface area contributed by atoms with Gasteiger partial charge in [0.15, 0.2) is 0 Å². The van der Waals surface area contributed by atoms with Crippen LogP contribution in [0.4, 0.5) is 0 Å². The molecular weight excluding hydrogens is 234 g/mol. The summed E-state index contributed by atoms with van der Waals surface area (Å²) in [5, 5.41) is 4.26. The molecule has 1 heterocycles. The standard InChI is InChI=1S/C14H18ClNO/c15-13-9-10(8-11-2-1-7-16-11)3-6-14(13)17-12-4-5-12/h3,6,9,11-12,16H,1-2,4-5,7-8H2. The van der Waals surface area contributed by atoms with Crippen LogP contribution in [0.3, 0.4) is 0 Å². The predicted octanol–water partition coefficient (Wildman–Crippen LogP) is 3.18. The zero-order valence-corrected chi connectivity index (χ0v) is 10.7. The first-order valence-corrected chi connectivity index (χ1v) is 6.87. The monoisotopic (exact) mass is 251 g/mol. The summed E-state index contributed by atoms with van der Waals surface area (Å²) in [7, 11) is 0. The summed E-state index contributed by atoms with van der Waals surface area (Å²) >= 11 is 6.24. The van der Waals surface area contributed by atoms with E-state index in [9.17, 15) is 0 Å². The van der Waals surface area contributed by atoms with Gasteiger partial charge >= 0.3 is 0 Å². The maximum atomic E-state index is 6.24. The second kappa shape index (κ2) is 4.87. The van der Waals surface area contributed by atoms with E-state index in [2.05, 4.69) is 17.4 Å². The van der Waals surface area contributed by atoms with E-state index >= 15 is 0 Å². The van der Waals surface area contributed by atoms with Gasteiger partial charge in [0.05, 0.1) is 11.1 Å². The van der Waals surface area contributed by atoms with Crippen LogP contribution in [0.1, 0.15) is 31.2 Å². The molecule has 92 valence electrons. The summed E-state index contributed by atoms with van der Waals surface area (Å²) < 4.78 is 5.73. The molecule has 3 heteroatoms. The van der Waals surface area contributed by atoms with Gasteiger partial charge in [0.1, 0.15) is 5.75 Å². The van der Waals surface area contributed by atoms with Gasteiger partial charge in [0, 0.05) is 6.04 Å². The topological polar surface area (TPSA) is 21.3 Å². The Morgan fingerprint density at radius 1 is 1.29 bits per heavy atom. The number of halogens is 1. The number of hydrogen-bond acceptors (Lipinski definition) is 2. The van der Waals surface area contributed by atoms with E-state index < -0.39 is 0 Å². The molecule has 0 radical (unpaired) electrons. The lowest BCUT2D eigenvalue weighted by Crippen LogP contribution is -2.23. The van der Waals surface area contributed by atoms with Gasteiger partial charge in [-0.25, -0.2) is 0 Å². The van der Waals surface area contributed by atoms with Crippen molar-refractivity contribution in [3.8, 4) is 5.75 Å². The van der Waals surface area contributed by atoms with Crippen molar-refractivity contribution in [1.82, 2.24) is 5.32 Å². The average molecular weight is 252 g/mol. The Labute approximate surface area is 107 Å². The lowest BCUT2D eigenvalue weighted by atomic mass is 10.0. The average Bonchev–Trinajstić information content (AvgIpc) is 2.98. The molecule has 1 aromatic rings. The maximum absolute atomic E-state index is 6.24. The predicted molar refractivity (Wildman–Crippen MR) is 69.8 cm³/mol. The van der Waals surface area contributed by atoms with Crippen LogP contribution in [0.5, 0.6) is 5.75 Å². The summed E-state index contributed by atoms with van der Waals surface area (Å²) in [5.74, 6) is 0.845. The van der Waals surface area contributed by atoms with Gasteiger partial charge in [0.2, 0.25) is 0 Å². The minimum atomic E-state index is 0.412. The minimum Gasteiger partial charge on any atom is -0.489 e. The molecule has 1 saturated carbocycles. The lowest BCUT2D eigenvalue weighted by molar-refractivity contribution is 0.303. The van der Waals surface area contributed by atoms with E-state index in [0.717, 1.165) is 23.7 Å². The molecule has 3 rings (SSSR count). The number of benzene rings is 1. The fourth-order valence-corrected chi connectivity index (χ4v) is 2.60. The van der Waals surface area contributed by atoms with Gasteiger partial charge in [-0.05, 0) is 56.3 Å². The smallest absolute Gasteiger partial charge is 0.138 e. The van der Waals surface area contributed by atoms with Crippen LogP contribution in [0.25, 0.3) is 0 Å². The number of hydrogen-bond donors (Lipinski definition) is 1. The van der Waals surface area contributed by atoms with Crippen molar-refractivity contribution in [2.24, 2.45) is 0 Å². The Bertz CT molecular complexity index is 397. The number of ether oxygens (including phenoxy) is 1. The van der Waals surface area contributed by atoms with Crippen LogP contribution < -0.4 is 10.1 Å². The van der Waals surface area contributed by atoms with E-state index in [-0.39, 0.29) is 0 Å². The van der Waals surface area contributed by atoms with Gasteiger partial charge in [-0.2, -0.15) is 0 Å². The molecule has 17 heavy (non-hydrogen) atoms. The van der Waals surface area contributed by atoms with Crippen LogP contribution >= 0.6 is 11.6 Å². The van der Waals surface area contributed by atoms with Crippen LogP contribution in [0.2, 0.25) is 5.02 Å². The largest absolute Gasteiger partial charge is 0.489 e. The molecule has 0 aromatic heterocycles. The van der Waals surface area contributed by atoms with Crippen molar-refractivity contribution in [3.05, 3.63) is 28.8 Å². The second-order valence-electron chi connectivity index (χ2n) is 5.08. The normalized spacial score (nSPS) is 23.9. The molecule has 2 aliphatic rings. The zero-order valence-electron chi connectivity index (χ0n) is 9.92. The fourth-order valence-electron chi connectivity index (χ4n) is 2.35. The van der Waals surface area contributed by atoms with Gasteiger partial charge in [-0.1, -0.05) is 17.7 Å². The van der Waals surface area contributed by atoms with E-state index in [1.807, 2.05) is 6.07 Å². The molecule has 2 nitrogen and oxygen atoms in total. The molecule has 0 amide bonds. The van der Waals surface area contributed by atoms with Crippen molar-refractivity contribution < 1.29 is 4.74 Å². The molecule has 1 saturated heterocycles. The second-order valence-corrected chi connectivity index (χ2v) is 5.49. The molecule has 1 aliphatic heterocycles. The summed E-state index contributed by atoms with van der Waals surface area (Å²) in [6.07, 6.45) is 6.39. The Balaban J connectivity index is 1.66. The molecule has 1 aromatic carbocycles. The Morgan fingerprint density at radius 2 is 2.18 bits per heavy atom. The highest BCUT2D eigenvalue weighted by molar-refractivity contribution is 6.32. The molecule has 1 atom stereocenters. The quantitative estimate of drug-likeness (QED) is 0.888. The first-order chi connectivity index (χ1) is 8.31. The van der Waals surface area contributed by atoms with Gasteiger partial charge < -0.3 is 10.1 Å².